The van der Waals surface area contributed by atoms with E-state index in [-0.39, 0.29) is 18.1 Å². The van der Waals surface area contributed by atoms with Crippen LogP contribution in [0.25, 0.3) is 0 Å². The van der Waals surface area contributed by atoms with Gasteiger partial charge in [-0.25, -0.2) is 0 Å². The molecule has 1 amide bonds. The molecule has 1 saturated heterocycles. The molecule has 1 aromatic rings. The molecule has 1 heterocycles. The standard InChI is InChI=1S/C15H20N2O/c1-10-8-13(9-10)17-14(16-11(2)15(17)18)12-6-4-3-5-7-12/h3-7,10-11,13-14,16H,8-9H2,1-2H3. The summed E-state index contributed by atoms with van der Waals surface area (Å²) in [7, 11) is 0. The molecule has 1 aromatic carbocycles. The van der Waals surface area contributed by atoms with Crippen molar-refractivity contribution in [3.05, 3.63) is 35.9 Å². The molecule has 96 valence electrons. The van der Waals surface area contributed by atoms with Gasteiger partial charge in [-0.15, -0.1) is 0 Å². The molecule has 3 heteroatoms. The third-order valence-electron chi connectivity index (χ3n) is 4.17. The maximum atomic E-state index is 12.3. The lowest BCUT2D eigenvalue weighted by Crippen LogP contribution is -2.46. The van der Waals surface area contributed by atoms with E-state index < -0.39 is 0 Å². The molecule has 2 atom stereocenters. The summed E-state index contributed by atoms with van der Waals surface area (Å²) in [4.78, 5) is 14.4. The predicted molar refractivity (Wildman–Crippen MR) is 70.8 cm³/mol. The molecule has 18 heavy (non-hydrogen) atoms. The molecule has 1 aliphatic heterocycles. The first-order valence-corrected chi connectivity index (χ1v) is 6.80. The Labute approximate surface area is 108 Å². The highest BCUT2D eigenvalue weighted by Gasteiger charge is 2.44. The highest BCUT2D eigenvalue weighted by atomic mass is 16.2. The van der Waals surface area contributed by atoms with Crippen LogP contribution in [-0.2, 0) is 4.79 Å². The number of carbonyl (C=O) groups is 1. The van der Waals surface area contributed by atoms with Crippen LogP contribution < -0.4 is 5.32 Å². The van der Waals surface area contributed by atoms with Gasteiger partial charge in [-0.1, -0.05) is 37.3 Å². The molecule has 3 nitrogen and oxygen atoms in total. The van der Waals surface area contributed by atoms with Gasteiger partial charge >= 0.3 is 0 Å². The zero-order valence-electron chi connectivity index (χ0n) is 11.0. The maximum Gasteiger partial charge on any atom is 0.241 e. The van der Waals surface area contributed by atoms with E-state index in [0.29, 0.717) is 6.04 Å². The van der Waals surface area contributed by atoms with Crippen LogP contribution in [0.2, 0.25) is 0 Å². The largest absolute Gasteiger partial charge is 0.319 e. The van der Waals surface area contributed by atoms with Crippen LogP contribution in [-0.4, -0.2) is 22.9 Å². The highest BCUT2D eigenvalue weighted by Crippen LogP contribution is 2.38. The fraction of sp³-hybridized carbons (Fsp3) is 0.533. The summed E-state index contributed by atoms with van der Waals surface area (Å²) in [5, 5.41) is 3.41. The quantitative estimate of drug-likeness (QED) is 0.865. The first kappa shape index (κ1) is 11.7. The number of hydrogen-bond acceptors (Lipinski definition) is 2. The van der Waals surface area contributed by atoms with Crippen molar-refractivity contribution >= 4 is 5.91 Å². The lowest BCUT2D eigenvalue weighted by molar-refractivity contribution is -0.134. The van der Waals surface area contributed by atoms with Gasteiger partial charge in [0.2, 0.25) is 5.91 Å². The molecule has 2 aliphatic rings. The van der Waals surface area contributed by atoms with Gasteiger partial charge in [-0.05, 0) is 31.2 Å². The number of hydrogen-bond donors (Lipinski definition) is 1. The Bertz CT molecular complexity index is 439. The van der Waals surface area contributed by atoms with Crippen LogP contribution >= 0.6 is 0 Å². The normalized spacial score (nSPS) is 35.7. The van der Waals surface area contributed by atoms with Gasteiger partial charge in [-0.2, -0.15) is 0 Å². The molecule has 0 aromatic heterocycles. The second-order valence-electron chi connectivity index (χ2n) is 5.68. The fourth-order valence-electron chi connectivity index (χ4n) is 3.11. The summed E-state index contributed by atoms with van der Waals surface area (Å²) in [6.07, 6.45) is 2.35. The van der Waals surface area contributed by atoms with Crippen LogP contribution in [0.5, 0.6) is 0 Å². The molecule has 2 unspecified atom stereocenters. The number of nitrogens with zero attached hydrogens (tertiary/aromatic N) is 1. The van der Waals surface area contributed by atoms with Gasteiger partial charge in [0, 0.05) is 6.04 Å². The molecule has 0 bridgehead atoms. The van der Waals surface area contributed by atoms with E-state index in [1.165, 1.54) is 5.56 Å². The predicted octanol–water partition coefficient (Wildman–Crippen LogP) is 2.30. The van der Waals surface area contributed by atoms with Crippen LogP contribution in [0.3, 0.4) is 0 Å². The first-order valence-electron chi connectivity index (χ1n) is 6.80. The summed E-state index contributed by atoms with van der Waals surface area (Å²) in [6, 6.07) is 10.6. The lowest BCUT2D eigenvalue weighted by atomic mass is 9.80. The molecule has 3 rings (SSSR count). The molecular formula is C15H20N2O. The highest BCUT2D eigenvalue weighted by molar-refractivity contribution is 5.84. The number of nitrogens with one attached hydrogen (secondary N) is 1. The minimum Gasteiger partial charge on any atom is -0.319 e. The third kappa shape index (κ3) is 1.83. The fourth-order valence-corrected chi connectivity index (χ4v) is 3.11. The van der Waals surface area contributed by atoms with E-state index in [1.54, 1.807) is 0 Å². The second kappa shape index (κ2) is 4.39. The number of amides is 1. The molecule has 0 spiro atoms. The number of benzene rings is 1. The summed E-state index contributed by atoms with van der Waals surface area (Å²) < 4.78 is 0. The average Bonchev–Trinajstić information content (AvgIpc) is 2.63. The Morgan fingerprint density at radius 3 is 2.44 bits per heavy atom. The Balaban J connectivity index is 1.86. The molecule has 1 N–H and O–H groups in total. The Kier molecular flexibility index (Phi) is 2.86. The van der Waals surface area contributed by atoms with Crippen molar-refractivity contribution in [2.75, 3.05) is 0 Å². The maximum absolute atomic E-state index is 12.3. The summed E-state index contributed by atoms with van der Waals surface area (Å²) in [5.41, 5.74) is 1.19. The van der Waals surface area contributed by atoms with Crippen LogP contribution in [0.4, 0.5) is 0 Å². The van der Waals surface area contributed by atoms with Gasteiger partial charge in [0.1, 0.15) is 6.17 Å². The molecule has 1 aliphatic carbocycles. The molecular weight excluding hydrogens is 224 g/mol. The van der Waals surface area contributed by atoms with E-state index >= 15 is 0 Å². The summed E-state index contributed by atoms with van der Waals surface area (Å²) in [5.74, 6) is 1.01. The minimum atomic E-state index is -0.0638. The van der Waals surface area contributed by atoms with Gasteiger partial charge in [0.05, 0.1) is 6.04 Å². The van der Waals surface area contributed by atoms with Crippen LogP contribution in [0.1, 0.15) is 38.4 Å². The molecule has 1 saturated carbocycles. The van der Waals surface area contributed by atoms with Crippen molar-refractivity contribution in [2.45, 2.75) is 44.9 Å². The van der Waals surface area contributed by atoms with E-state index in [2.05, 4.69) is 29.3 Å². The molecule has 0 radical (unpaired) electrons. The number of rotatable bonds is 2. The average molecular weight is 244 g/mol. The summed E-state index contributed by atoms with van der Waals surface area (Å²) in [6.45, 7) is 4.21. The first-order chi connectivity index (χ1) is 8.66. The van der Waals surface area contributed by atoms with Crippen molar-refractivity contribution in [1.82, 2.24) is 10.2 Å². The van der Waals surface area contributed by atoms with Crippen LogP contribution in [0, 0.1) is 5.92 Å². The van der Waals surface area contributed by atoms with Crippen molar-refractivity contribution in [3.8, 4) is 0 Å². The SMILES string of the molecule is CC1CC(N2C(=O)C(C)NC2c2ccccc2)C1. The molecule has 2 fully saturated rings. The van der Waals surface area contributed by atoms with Gasteiger partial charge in [0.25, 0.3) is 0 Å². The Hall–Kier alpha value is -1.35. The zero-order chi connectivity index (χ0) is 12.7. The van der Waals surface area contributed by atoms with E-state index in [9.17, 15) is 4.79 Å². The zero-order valence-corrected chi connectivity index (χ0v) is 11.0. The van der Waals surface area contributed by atoms with Crippen LogP contribution in [0.15, 0.2) is 30.3 Å². The van der Waals surface area contributed by atoms with Crippen molar-refractivity contribution < 1.29 is 4.79 Å². The Morgan fingerprint density at radius 1 is 1.17 bits per heavy atom. The van der Waals surface area contributed by atoms with Gasteiger partial charge in [0.15, 0.2) is 0 Å². The van der Waals surface area contributed by atoms with Gasteiger partial charge < -0.3 is 4.90 Å². The third-order valence-corrected chi connectivity index (χ3v) is 4.17. The second-order valence-corrected chi connectivity index (χ2v) is 5.68. The van der Waals surface area contributed by atoms with Gasteiger partial charge in [-0.3, -0.25) is 10.1 Å². The van der Waals surface area contributed by atoms with E-state index in [1.807, 2.05) is 25.1 Å². The minimum absolute atomic E-state index is 0.0613. The topological polar surface area (TPSA) is 32.3 Å². The van der Waals surface area contributed by atoms with Crippen molar-refractivity contribution in [2.24, 2.45) is 5.92 Å². The van der Waals surface area contributed by atoms with Crippen molar-refractivity contribution in [3.63, 3.8) is 0 Å². The summed E-state index contributed by atoms with van der Waals surface area (Å²) >= 11 is 0. The van der Waals surface area contributed by atoms with E-state index in [0.717, 1.165) is 18.8 Å². The smallest absolute Gasteiger partial charge is 0.241 e. The van der Waals surface area contributed by atoms with E-state index in [4.69, 9.17) is 0 Å². The number of carbonyl (C=O) groups excluding carboxylic acids is 1. The monoisotopic (exact) mass is 244 g/mol. The van der Waals surface area contributed by atoms with Crippen molar-refractivity contribution in [1.29, 1.82) is 0 Å². The lowest BCUT2D eigenvalue weighted by Gasteiger charge is -2.42. The Morgan fingerprint density at radius 2 is 1.83 bits per heavy atom.